The molecule has 2 aromatic carbocycles. The van der Waals surface area contributed by atoms with E-state index < -0.39 is 0 Å². The number of hydrogen-bond acceptors (Lipinski definition) is 6. The molecule has 4 rings (SSSR count). The van der Waals surface area contributed by atoms with Crippen LogP contribution in [0.5, 0.6) is 5.75 Å². The van der Waals surface area contributed by atoms with Crippen molar-refractivity contribution in [3.63, 3.8) is 0 Å². The lowest BCUT2D eigenvalue weighted by Crippen LogP contribution is -2.20. The zero-order valence-electron chi connectivity index (χ0n) is 17.3. The average Bonchev–Trinajstić information content (AvgIpc) is 2.71. The van der Waals surface area contributed by atoms with Crippen molar-refractivity contribution in [2.24, 2.45) is 0 Å². The molecule has 3 aromatic rings. The number of benzene rings is 2. The number of nitrogens with zero attached hydrogens (tertiary/aromatic N) is 2. The van der Waals surface area contributed by atoms with Crippen molar-refractivity contribution in [2.45, 2.75) is 26.1 Å². The van der Waals surface area contributed by atoms with Crippen LogP contribution in [0, 0.1) is 5.82 Å². The quantitative estimate of drug-likeness (QED) is 0.607. The first-order chi connectivity index (χ1) is 14.4. The molecule has 0 spiro atoms. The first kappa shape index (κ1) is 20.1. The van der Waals surface area contributed by atoms with Crippen LogP contribution in [0.15, 0.2) is 48.7 Å². The molecule has 2 heterocycles. The molecule has 156 valence electrons. The molecule has 0 aliphatic carbocycles. The van der Waals surface area contributed by atoms with Gasteiger partial charge < -0.3 is 10.5 Å². The number of ether oxygens (including phenoxy) is 1. The van der Waals surface area contributed by atoms with Gasteiger partial charge in [0.05, 0.1) is 12.8 Å². The van der Waals surface area contributed by atoms with Crippen LogP contribution in [0.2, 0.25) is 0 Å². The summed E-state index contributed by atoms with van der Waals surface area (Å²) in [5.41, 5.74) is 14.6. The van der Waals surface area contributed by atoms with Gasteiger partial charge in [-0.2, -0.15) is 0 Å². The van der Waals surface area contributed by atoms with Gasteiger partial charge in [0, 0.05) is 24.8 Å². The third kappa shape index (κ3) is 4.08. The number of nitrogens with two attached hydrogens (primary N) is 1. The van der Waals surface area contributed by atoms with E-state index in [9.17, 15) is 4.39 Å². The van der Waals surface area contributed by atoms with Crippen LogP contribution in [0.1, 0.15) is 29.7 Å². The Kier molecular flexibility index (Phi) is 5.57. The van der Waals surface area contributed by atoms with Crippen molar-refractivity contribution in [2.75, 3.05) is 25.4 Å². The number of hydrogen-bond donors (Lipinski definition) is 2. The number of halogens is 1. The summed E-state index contributed by atoms with van der Waals surface area (Å²) in [5.74, 6) is 0.480. The molecule has 0 fully saturated rings. The highest BCUT2D eigenvalue weighted by atomic mass is 19.1. The van der Waals surface area contributed by atoms with Gasteiger partial charge in [-0.15, -0.1) is 0 Å². The Bertz CT molecular complexity index is 1070. The molecule has 1 atom stereocenters. The van der Waals surface area contributed by atoms with Crippen molar-refractivity contribution in [3.05, 3.63) is 71.2 Å². The first-order valence-electron chi connectivity index (χ1n) is 9.76. The number of anilines is 2. The summed E-state index contributed by atoms with van der Waals surface area (Å²) < 4.78 is 20.2. The molecule has 6 nitrogen and oxygen atoms in total. The van der Waals surface area contributed by atoms with E-state index in [2.05, 4.69) is 21.4 Å². The summed E-state index contributed by atoms with van der Waals surface area (Å²) in [6, 6.07) is 12.8. The smallest absolute Gasteiger partial charge is 0.166 e. The van der Waals surface area contributed by atoms with E-state index >= 15 is 0 Å². The lowest BCUT2D eigenvalue weighted by molar-refractivity contribution is 0.223. The minimum atomic E-state index is -0.385. The summed E-state index contributed by atoms with van der Waals surface area (Å²) in [5, 5.41) is 0. The highest BCUT2D eigenvalue weighted by Gasteiger charge is 2.19. The molecule has 3 N–H and O–H groups in total. The second kappa shape index (κ2) is 8.30. The Labute approximate surface area is 175 Å². The maximum atomic E-state index is 14.0. The van der Waals surface area contributed by atoms with Crippen molar-refractivity contribution in [1.82, 2.24) is 9.88 Å². The summed E-state index contributed by atoms with van der Waals surface area (Å²) in [6.07, 6.45) is 1.35. The lowest BCUT2D eigenvalue weighted by Gasteiger charge is -2.25. The Morgan fingerprint density at radius 1 is 1.17 bits per heavy atom. The highest BCUT2D eigenvalue weighted by Crippen LogP contribution is 2.35. The van der Waals surface area contributed by atoms with Gasteiger partial charge in [-0.25, -0.2) is 9.37 Å². The Hall–Kier alpha value is -3.16. The normalized spacial score (nSPS) is 16.5. The predicted molar refractivity (Wildman–Crippen MR) is 115 cm³/mol. The van der Waals surface area contributed by atoms with Gasteiger partial charge in [-0.1, -0.05) is 12.1 Å². The van der Waals surface area contributed by atoms with Gasteiger partial charge in [0.15, 0.2) is 11.6 Å². The zero-order valence-corrected chi connectivity index (χ0v) is 17.3. The second-order valence-electron chi connectivity index (χ2n) is 7.56. The van der Waals surface area contributed by atoms with Gasteiger partial charge >= 0.3 is 0 Å². The Morgan fingerprint density at radius 3 is 2.73 bits per heavy atom. The summed E-state index contributed by atoms with van der Waals surface area (Å²) in [6.45, 7) is 3.25. The van der Waals surface area contributed by atoms with E-state index in [0.717, 1.165) is 33.5 Å². The predicted octanol–water partition coefficient (Wildman–Crippen LogP) is 4.53. The van der Waals surface area contributed by atoms with E-state index in [0.29, 0.717) is 24.7 Å². The van der Waals surface area contributed by atoms with Gasteiger partial charge in [-0.3, -0.25) is 15.2 Å². The van der Waals surface area contributed by atoms with Gasteiger partial charge in [0.1, 0.15) is 11.9 Å². The van der Waals surface area contributed by atoms with E-state index in [1.54, 1.807) is 13.3 Å². The second-order valence-corrected chi connectivity index (χ2v) is 7.56. The molecule has 7 heteroatoms. The van der Waals surface area contributed by atoms with E-state index in [-0.39, 0.29) is 11.9 Å². The van der Waals surface area contributed by atoms with Crippen molar-refractivity contribution in [1.29, 1.82) is 0 Å². The minimum absolute atomic E-state index is 0.290. The fraction of sp³-hybridized carbons (Fsp3) is 0.261. The van der Waals surface area contributed by atoms with Crippen LogP contribution in [0.3, 0.4) is 0 Å². The van der Waals surface area contributed by atoms with Gasteiger partial charge in [0.25, 0.3) is 0 Å². The van der Waals surface area contributed by atoms with E-state index in [4.69, 9.17) is 15.3 Å². The van der Waals surface area contributed by atoms with Crippen molar-refractivity contribution in [3.8, 4) is 16.9 Å². The molecule has 2 bridgehead atoms. The summed E-state index contributed by atoms with van der Waals surface area (Å²) in [7, 11) is 3.62. The Morgan fingerprint density at radius 2 is 1.93 bits per heavy atom. The fourth-order valence-electron chi connectivity index (χ4n) is 3.84. The number of fused-ring (bicyclic) bond motifs is 5. The third-order valence-corrected chi connectivity index (χ3v) is 5.25. The number of rotatable bonds is 2. The molecule has 0 saturated heterocycles. The molecule has 1 unspecified atom stereocenters. The Balaban J connectivity index is 1.87. The SMILES string of the molecule is CONc1ccc2c(c1)-c1cnc(N)c(c1)OC(C)c1cc(F)ccc1CN(C)C2. The fourth-order valence-corrected chi connectivity index (χ4v) is 3.84. The molecule has 1 aliphatic heterocycles. The van der Waals surface area contributed by atoms with Crippen molar-refractivity contribution >= 4 is 11.5 Å². The molecule has 0 amide bonds. The van der Waals surface area contributed by atoms with E-state index in [1.807, 2.05) is 38.2 Å². The minimum Gasteiger partial charge on any atom is -0.482 e. The summed E-state index contributed by atoms with van der Waals surface area (Å²) in [4.78, 5) is 11.6. The number of aromatic nitrogens is 1. The molecule has 0 radical (unpaired) electrons. The standard InChI is InChI=1S/C23H25FN4O2/c1-14-20-9-18(24)6-4-15(20)12-28(2)13-16-5-7-19(27-29-3)10-21(16)17-8-22(30-14)23(25)26-11-17/h4-11,14,27H,12-13H2,1-3H3,(H2,25,26). The largest absolute Gasteiger partial charge is 0.482 e. The zero-order chi connectivity index (χ0) is 21.3. The van der Waals surface area contributed by atoms with Crippen LogP contribution < -0.4 is 16.0 Å². The summed E-state index contributed by atoms with van der Waals surface area (Å²) >= 11 is 0. The monoisotopic (exact) mass is 408 g/mol. The maximum Gasteiger partial charge on any atom is 0.166 e. The highest BCUT2D eigenvalue weighted by molar-refractivity contribution is 5.73. The van der Waals surface area contributed by atoms with Crippen LogP contribution >= 0.6 is 0 Å². The van der Waals surface area contributed by atoms with Crippen molar-refractivity contribution < 1.29 is 14.0 Å². The molecule has 1 aromatic heterocycles. The first-order valence-corrected chi connectivity index (χ1v) is 9.76. The number of nitrogen functional groups attached to an aromatic ring is 1. The van der Waals surface area contributed by atoms with Crippen LogP contribution in [0.4, 0.5) is 15.9 Å². The third-order valence-electron chi connectivity index (χ3n) is 5.25. The maximum absolute atomic E-state index is 14.0. The molecule has 30 heavy (non-hydrogen) atoms. The average molecular weight is 408 g/mol. The molecule has 0 saturated carbocycles. The molecule has 1 aliphatic rings. The van der Waals surface area contributed by atoms with Crippen LogP contribution in [0.25, 0.3) is 11.1 Å². The molecular formula is C23H25FN4O2. The number of pyridine rings is 1. The topological polar surface area (TPSA) is 72.6 Å². The van der Waals surface area contributed by atoms with Crippen LogP contribution in [-0.4, -0.2) is 24.0 Å². The lowest BCUT2D eigenvalue weighted by atomic mass is 9.98. The van der Waals surface area contributed by atoms with Crippen LogP contribution in [-0.2, 0) is 17.9 Å². The molecular weight excluding hydrogens is 383 g/mol. The van der Waals surface area contributed by atoms with Gasteiger partial charge in [0.2, 0.25) is 0 Å². The van der Waals surface area contributed by atoms with Gasteiger partial charge in [-0.05, 0) is 66.6 Å². The number of nitrogens with one attached hydrogen (secondary N) is 1. The van der Waals surface area contributed by atoms with E-state index in [1.165, 1.54) is 12.1 Å².